The minimum atomic E-state index is -4.63. The summed E-state index contributed by atoms with van der Waals surface area (Å²) in [6.45, 7) is 0.514. The number of benzene rings is 1. The largest absolute Gasteiger partial charge is 0.416 e. The number of hydrogen-bond donors (Lipinski definition) is 0. The van der Waals surface area contributed by atoms with Crippen molar-refractivity contribution in [3.05, 3.63) is 58.4 Å². The molecule has 3 fully saturated rings. The Balaban J connectivity index is 1.27. The number of fused-ring (bicyclic) bond motifs is 1. The highest BCUT2D eigenvalue weighted by Gasteiger charge is 2.34. The van der Waals surface area contributed by atoms with E-state index in [1.807, 2.05) is 17.1 Å². The normalized spacial score (nSPS) is 22.6. The van der Waals surface area contributed by atoms with Gasteiger partial charge in [-0.15, -0.1) is 11.3 Å². The molecule has 2 saturated carbocycles. The second-order valence-corrected chi connectivity index (χ2v) is 11.2. The third-order valence-electron chi connectivity index (χ3n) is 7.33. The van der Waals surface area contributed by atoms with Crippen LogP contribution >= 0.6 is 11.3 Å². The van der Waals surface area contributed by atoms with E-state index in [9.17, 15) is 13.2 Å². The van der Waals surface area contributed by atoms with E-state index in [4.69, 9.17) is 19.7 Å². The zero-order valence-corrected chi connectivity index (χ0v) is 20.5. The molecule has 2 atom stereocenters. The van der Waals surface area contributed by atoms with Gasteiger partial charge in [0.2, 0.25) is 0 Å². The van der Waals surface area contributed by atoms with Crippen LogP contribution in [0.4, 0.5) is 17.6 Å². The minimum absolute atomic E-state index is 0.0296. The standard InChI is InChI=1S/C26H23F4N5OS/c27-19-10-16(26(28,29)30)3-6-18(19)21-22-24(34-25(37-22)13-1-2-13)33-23(32-21)14-7-8-36-20(9-14)15-11-31-35(12-15)17-4-5-17/h3,6,10-14,17,20H,1-2,4-5,7-9H2. The second-order valence-electron chi connectivity index (χ2n) is 10.2. The second kappa shape index (κ2) is 8.56. The van der Waals surface area contributed by atoms with Crippen molar-refractivity contribution in [1.82, 2.24) is 24.7 Å². The highest BCUT2D eigenvalue weighted by Crippen LogP contribution is 2.46. The summed E-state index contributed by atoms with van der Waals surface area (Å²) < 4.78 is 63.3. The quantitative estimate of drug-likeness (QED) is 0.262. The van der Waals surface area contributed by atoms with Crippen molar-refractivity contribution in [3.8, 4) is 11.3 Å². The van der Waals surface area contributed by atoms with Crippen LogP contribution in [0, 0.1) is 5.82 Å². The monoisotopic (exact) mass is 529 g/mol. The summed E-state index contributed by atoms with van der Waals surface area (Å²) in [4.78, 5) is 14.3. The highest BCUT2D eigenvalue weighted by atomic mass is 32.1. The predicted molar refractivity (Wildman–Crippen MR) is 129 cm³/mol. The van der Waals surface area contributed by atoms with Crippen LogP contribution in [0.25, 0.3) is 21.6 Å². The molecule has 2 unspecified atom stereocenters. The Hall–Kier alpha value is -2.92. The smallest absolute Gasteiger partial charge is 0.373 e. The molecule has 3 aromatic heterocycles. The molecule has 1 aliphatic heterocycles. The number of thiazole rings is 1. The molecule has 37 heavy (non-hydrogen) atoms. The van der Waals surface area contributed by atoms with Gasteiger partial charge in [0.25, 0.3) is 0 Å². The molecular weight excluding hydrogens is 506 g/mol. The van der Waals surface area contributed by atoms with Crippen LogP contribution in [0.15, 0.2) is 30.6 Å². The molecule has 0 radical (unpaired) electrons. The van der Waals surface area contributed by atoms with Gasteiger partial charge >= 0.3 is 6.18 Å². The van der Waals surface area contributed by atoms with E-state index in [0.29, 0.717) is 59.3 Å². The van der Waals surface area contributed by atoms with E-state index in [-0.39, 0.29) is 17.6 Å². The van der Waals surface area contributed by atoms with Crippen LogP contribution in [-0.4, -0.2) is 31.3 Å². The molecule has 0 spiro atoms. The van der Waals surface area contributed by atoms with Gasteiger partial charge in [-0.05, 0) is 56.7 Å². The summed E-state index contributed by atoms with van der Waals surface area (Å²) >= 11 is 1.41. The van der Waals surface area contributed by atoms with Crippen molar-refractivity contribution < 1.29 is 22.3 Å². The molecule has 6 nitrogen and oxygen atoms in total. The molecule has 0 amide bonds. The van der Waals surface area contributed by atoms with Crippen molar-refractivity contribution in [2.24, 2.45) is 0 Å². The Bertz CT molecular complexity index is 1490. The van der Waals surface area contributed by atoms with E-state index < -0.39 is 17.6 Å². The van der Waals surface area contributed by atoms with Gasteiger partial charge in [0.15, 0.2) is 5.65 Å². The molecule has 1 aromatic carbocycles. The van der Waals surface area contributed by atoms with E-state index in [1.165, 1.54) is 17.4 Å². The average molecular weight is 530 g/mol. The maximum atomic E-state index is 15.1. The van der Waals surface area contributed by atoms with Crippen molar-refractivity contribution >= 4 is 21.7 Å². The Morgan fingerprint density at radius 1 is 1.00 bits per heavy atom. The summed E-state index contributed by atoms with van der Waals surface area (Å²) in [5, 5.41) is 5.40. The molecule has 0 N–H and O–H groups in total. The lowest BCUT2D eigenvalue weighted by Gasteiger charge is -2.28. The molecule has 1 saturated heterocycles. The number of aromatic nitrogens is 5. The number of hydrogen-bond acceptors (Lipinski definition) is 6. The lowest BCUT2D eigenvalue weighted by Crippen LogP contribution is -2.20. The van der Waals surface area contributed by atoms with Crippen molar-refractivity contribution in [2.75, 3.05) is 6.61 Å². The highest BCUT2D eigenvalue weighted by molar-refractivity contribution is 7.19. The van der Waals surface area contributed by atoms with Gasteiger partial charge in [-0.1, -0.05) is 0 Å². The maximum Gasteiger partial charge on any atom is 0.416 e. The Morgan fingerprint density at radius 3 is 2.57 bits per heavy atom. The summed E-state index contributed by atoms with van der Waals surface area (Å²) in [6.07, 6.45) is 4.80. The van der Waals surface area contributed by atoms with Gasteiger partial charge in [0, 0.05) is 35.8 Å². The van der Waals surface area contributed by atoms with Crippen LogP contribution in [0.1, 0.15) is 84.5 Å². The molecule has 4 heterocycles. The molecule has 4 aromatic rings. The van der Waals surface area contributed by atoms with Crippen molar-refractivity contribution in [1.29, 1.82) is 0 Å². The first-order chi connectivity index (χ1) is 17.8. The van der Waals surface area contributed by atoms with E-state index >= 15 is 4.39 Å². The minimum Gasteiger partial charge on any atom is -0.373 e. The zero-order valence-electron chi connectivity index (χ0n) is 19.7. The molecular formula is C26H23F4N5OS. The zero-order chi connectivity index (χ0) is 25.3. The summed E-state index contributed by atoms with van der Waals surface area (Å²) in [5.74, 6) is -0.130. The van der Waals surface area contributed by atoms with Crippen LogP contribution in [-0.2, 0) is 10.9 Å². The summed E-state index contributed by atoms with van der Waals surface area (Å²) in [6, 6.07) is 3.08. The van der Waals surface area contributed by atoms with Gasteiger partial charge in [-0.25, -0.2) is 19.3 Å². The molecule has 192 valence electrons. The van der Waals surface area contributed by atoms with Gasteiger partial charge in [0.05, 0.1) is 34.6 Å². The van der Waals surface area contributed by atoms with Crippen LogP contribution in [0.3, 0.4) is 0 Å². The van der Waals surface area contributed by atoms with Gasteiger partial charge < -0.3 is 4.74 Å². The van der Waals surface area contributed by atoms with Crippen LogP contribution < -0.4 is 0 Å². The lowest BCUT2D eigenvalue weighted by molar-refractivity contribution is -0.137. The Kier molecular flexibility index (Phi) is 5.37. The number of ether oxygens (including phenoxy) is 1. The van der Waals surface area contributed by atoms with Gasteiger partial charge in [-0.3, -0.25) is 4.68 Å². The first-order valence-electron chi connectivity index (χ1n) is 12.5. The SMILES string of the molecule is Fc1cc(C(F)(F)F)ccc1-c1nc(C2CCOC(c3cnn(C4CC4)c3)C2)nc2nc(C3CC3)sc12. The van der Waals surface area contributed by atoms with Crippen molar-refractivity contribution in [3.63, 3.8) is 0 Å². The van der Waals surface area contributed by atoms with Gasteiger partial charge in [-0.2, -0.15) is 18.3 Å². The van der Waals surface area contributed by atoms with E-state index in [2.05, 4.69) is 5.10 Å². The Morgan fingerprint density at radius 2 is 1.84 bits per heavy atom. The fraction of sp³-hybridized carbons (Fsp3) is 0.462. The third-order valence-corrected chi connectivity index (χ3v) is 8.54. The summed E-state index contributed by atoms with van der Waals surface area (Å²) in [7, 11) is 0. The predicted octanol–water partition coefficient (Wildman–Crippen LogP) is 6.96. The fourth-order valence-corrected chi connectivity index (χ4v) is 6.11. The fourth-order valence-electron chi connectivity index (χ4n) is 4.93. The molecule has 0 bridgehead atoms. The van der Waals surface area contributed by atoms with Gasteiger partial charge in [0.1, 0.15) is 16.3 Å². The number of rotatable bonds is 5. The maximum absolute atomic E-state index is 15.1. The number of halogens is 4. The molecule has 11 heteroatoms. The van der Waals surface area contributed by atoms with Crippen LogP contribution in [0.2, 0.25) is 0 Å². The first kappa shape index (κ1) is 23.2. The van der Waals surface area contributed by atoms with Crippen LogP contribution in [0.5, 0.6) is 0 Å². The van der Waals surface area contributed by atoms with Crippen molar-refractivity contribution in [2.45, 2.75) is 68.7 Å². The molecule has 2 aliphatic carbocycles. The third kappa shape index (κ3) is 4.41. The molecule has 7 rings (SSSR count). The topological polar surface area (TPSA) is 65.7 Å². The first-order valence-corrected chi connectivity index (χ1v) is 13.4. The summed E-state index contributed by atoms with van der Waals surface area (Å²) in [5.41, 5.74) is 0.801. The average Bonchev–Trinajstić information content (AvgIpc) is 3.82. The molecule has 3 aliphatic rings. The number of alkyl halides is 3. The number of nitrogens with zero attached hydrogens (tertiary/aromatic N) is 5. The lowest BCUT2D eigenvalue weighted by atomic mass is 9.92. The van der Waals surface area contributed by atoms with E-state index in [1.54, 1.807) is 0 Å². The van der Waals surface area contributed by atoms with E-state index in [0.717, 1.165) is 42.3 Å². The Labute approximate surface area is 213 Å².